The Morgan fingerprint density at radius 1 is 0.684 bits per heavy atom. The molecule has 0 radical (unpaired) electrons. The fraction of sp³-hybridized carbons (Fsp3) is 0.219. The highest BCUT2D eigenvalue weighted by atomic mass is 16.5. The van der Waals surface area contributed by atoms with Crippen molar-refractivity contribution >= 4 is 17.9 Å². The van der Waals surface area contributed by atoms with Gasteiger partial charge in [-0.1, -0.05) is 55.6 Å². The van der Waals surface area contributed by atoms with Crippen LogP contribution in [0.15, 0.2) is 91.0 Å². The normalized spacial score (nSPS) is 10.4. The Morgan fingerprint density at radius 2 is 1.16 bits per heavy atom. The molecule has 6 nitrogen and oxygen atoms in total. The third-order valence-electron chi connectivity index (χ3n) is 5.80. The second-order valence-corrected chi connectivity index (χ2v) is 9.10. The number of benzene rings is 3. The number of carbonyl (C=O) groups excluding carboxylic acids is 3. The van der Waals surface area contributed by atoms with Crippen LogP contribution in [0.3, 0.4) is 0 Å². The molecule has 0 heterocycles. The molecule has 6 heteroatoms. The van der Waals surface area contributed by atoms with Crippen molar-refractivity contribution in [2.45, 2.75) is 33.6 Å². The predicted octanol–water partition coefficient (Wildman–Crippen LogP) is 6.20. The van der Waals surface area contributed by atoms with E-state index < -0.39 is 11.9 Å². The van der Waals surface area contributed by atoms with E-state index in [-0.39, 0.29) is 12.6 Å². The van der Waals surface area contributed by atoms with Crippen molar-refractivity contribution in [3.8, 4) is 16.9 Å². The Labute approximate surface area is 223 Å². The summed E-state index contributed by atoms with van der Waals surface area (Å²) in [5.74, 6) is -0.751. The predicted molar refractivity (Wildman–Crippen MR) is 147 cm³/mol. The summed E-state index contributed by atoms with van der Waals surface area (Å²) < 4.78 is 15.9. The lowest BCUT2D eigenvalue weighted by Gasteiger charge is -2.11. The van der Waals surface area contributed by atoms with Gasteiger partial charge in [-0.25, -0.2) is 14.4 Å². The monoisotopic (exact) mass is 512 g/mol. The average molecular weight is 513 g/mol. The lowest BCUT2D eigenvalue weighted by atomic mass is 10.0. The van der Waals surface area contributed by atoms with E-state index in [0.29, 0.717) is 41.9 Å². The first-order valence-corrected chi connectivity index (χ1v) is 12.3. The summed E-state index contributed by atoms with van der Waals surface area (Å²) in [6, 6.07) is 20.7. The zero-order valence-corrected chi connectivity index (χ0v) is 22.0. The minimum atomic E-state index is -0.446. The van der Waals surface area contributed by atoms with Crippen molar-refractivity contribution < 1.29 is 28.6 Å². The third-order valence-corrected chi connectivity index (χ3v) is 5.80. The van der Waals surface area contributed by atoms with Gasteiger partial charge in [0.25, 0.3) is 0 Å². The van der Waals surface area contributed by atoms with Crippen LogP contribution in [0, 0.1) is 6.92 Å². The Balaban J connectivity index is 1.55. The van der Waals surface area contributed by atoms with Crippen molar-refractivity contribution in [1.29, 1.82) is 0 Å². The summed E-state index contributed by atoms with van der Waals surface area (Å²) in [6.45, 7) is 12.8. The fourth-order valence-corrected chi connectivity index (χ4v) is 3.54. The van der Waals surface area contributed by atoms with E-state index in [9.17, 15) is 14.4 Å². The van der Waals surface area contributed by atoms with Crippen LogP contribution < -0.4 is 4.74 Å². The van der Waals surface area contributed by atoms with Gasteiger partial charge in [-0.2, -0.15) is 0 Å². The van der Waals surface area contributed by atoms with Gasteiger partial charge in [-0.3, -0.25) is 0 Å². The SMILES string of the molecule is C=C(C)C(=O)OCCc1ccc(C(=O)Oc2ccc(-c3ccc(CCOC(=O)C(=C)C)cc3)cc2C)cc1. The second kappa shape index (κ2) is 13.2. The molecule has 0 aromatic heterocycles. The van der Waals surface area contributed by atoms with Gasteiger partial charge in [-0.15, -0.1) is 0 Å². The molecule has 38 heavy (non-hydrogen) atoms. The Bertz CT molecular complexity index is 1330. The fourth-order valence-electron chi connectivity index (χ4n) is 3.54. The first-order chi connectivity index (χ1) is 18.1. The Morgan fingerprint density at radius 3 is 1.63 bits per heavy atom. The topological polar surface area (TPSA) is 78.9 Å². The number of aryl methyl sites for hydroxylation is 1. The van der Waals surface area contributed by atoms with Crippen LogP contribution in [0.2, 0.25) is 0 Å². The molecule has 0 saturated heterocycles. The molecule has 0 aliphatic heterocycles. The van der Waals surface area contributed by atoms with Gasteiger partial charge in [0.1, 0.15) is 5.75 Å². The van der Waals surface area contributed by atoms with Gasteiger partial charge in [0, 0.05) is 24.0 Å². The molecule has 3 rings (SSSR count). The molecule has 0 fully saturated rings. The molecule has 3 aromatic rings. The first-order valence-electron chi connectivity index (χ1n) is 12.3. The third kappa shape index (κ3) is 8.03. The lowest BCUT2D eigenvalue weighted by Crippen LogP contribution is -2.10. The molecule has 0 saturated carbocycles. The van der Waals surface area contributed by atoms with Crippen LogP contribution in [-0.2, 0) is 31.9 Å². The molecule has 0 aliphatic rings. The van der Waals surface area contributed by atoms with E-state index in [1.165, 1.54) is 0 Å². The zero-order valence-electron chi connectivity index (χ0n) is 22.0. The molecule has 3 aromatic carbocycles. The minimum absolute atomic E-state index is 0.245. The number of hydrogen-bond donors (Lipinski definition) is 0. The molecule has 0 amide bonds. The quantitative estimate of drug-likeness (QED) is 0.173. The molecule has 196 valence electrons. The van der Waals surface area contributed by atoms with Gasteiger partial charge < -0.3 is 14.2 Å². The smallest absolute Gasteiger partial charge is 0.343 e. The van der Waals surface area contributed by atoms with Crippen LogP contribution in [0.1, 0.15) is 40.9 Å². The number of ether oxygens (including phenoxy) is 3. The van der Waals surface area contributed by atoms with Gasteiger partial charge >= 0.3 is 17.9 Å². The van der Waals surface area contributed by atoms with Gasteiger partial charge in [0.2, 0.25) is 0 Å². The van der Waals surface area contributed by atoms with Crippen LogP contribution in [0.5, 0.6) is 5.75 Å². The van der Waals surface area contributed by atoms with E-state index in [1.54, 1.807) is 32.0 Å². The summed E-state index contributed by atoms with van der Waals surface area (Å²) >= 11 is 0. The van der Waals surface area contributed by atoms with Crippen LogP contribution in [0.25, 0.3) is 11.1 Å². The summed E-state index contributed by atoms with van der Waals surface area (Å²) in [5.41, 5.74) is 6.04. The molecule has 0 atom stereocenters. The molecule has 0 bridgehead atoms. The maximum absolute atomic E-state index is 12.7. The second-order valence-electron chi connectivity index (χ2n) is 9.10. The molecule has 0 N–H and O–H groups in total. The van der Waals surface area contributed by atoms with Crippen LogP contribution >= 0.6 is 0 Å². The van der Waals surface area contributed by atoms with E-state index in [1.807, 2.05) is 55.5 Å². The summed E-state index contributed by atoms with van der Waals surface area (Å²) in [7, 11) is 0. The van der Waals surface area contributed by atoms with Gasteiger partial charge in [0.05, 0.1) is 18.8 Å². The number of carbonyl (C=O) groups is 3. The number of hydrogen-bond acceptors (Lipinski definition) is 6. The standard InChI is InChI=1S/C32H32O6/c1-21(2)30(33)36-18-16-24-6-10-26(11-7-24)28-14-15-29(23(5)20-28)38-32(35)27-12-8-25(9-13-27)17-19-37-31(34)22(3)4/h6-15,20H,1,3,16-19H2,2,4-5H3. The van der Waals surface area contributed by atoms with Gasteiger partial charge in [-0.05, 0) is 72.9 Å². The Kier molecular flexibility index (Phi) is 9.77. The first kappa shape index (κ1) is 28.1. The number of rotatable bonds is 11. The zero-order chi connectivity index (χ0) is 27.7. The highest BCUT2D eigenvalue weighted by Crippen LogP contribution is 2.27. The van der Waals surface area contributed by atoms with E-state index in [4.69, 9.17) is 14.2 Å². The summed E-state index contributed by atoms with van der Waals surface area (Å²) in [6.07, 6.45) is 1.16. The molecule has 0 aliphatic carbocycles. The highest BCUT2D eigenvalue weighted by Gasteiger charge is 2.12. The van der Waals surface area contributed by atoms with Gasteiger partial charge in [0.15, 0.2) is 0 Å². The van der Waals surface area contributed by atoms with Crippen molar-refractivity contribution in [2.24, 2.45) is 0 Å². The lowest BCUT2D eigenvalue weighted by molar-refractivity contribution is -0.139. The molecular formula is C32H32O6. The van der Waals surface area contributed by atoms with Crippen molar-refractivity contribution in [3.05, 3.63) is 113 Å². The van der Waals surface area contributed by atoms with E-state index in [0.717, 1.165) is 27.8 Å². The molecule has 0 spiro atoms. The summed E-state index contributed by atoms with van der Waals surface area (Å²) in [5, 5.41) is 0. The average Bonchev–Trinajstić information content (AvgIpc) is 2.90. The van der Waals surface area contributed by atoms with Crippen LogP contribution in [0.4, 0.5) is 0 Å². The Hall–Kier alpha value is -4.45. The van der Waals surface area contributed by atoms with Crippen molar-refractivity contribution in [3.63, 3.8) is 0 Å². The minimum Gasteiger partial charge on any atom is -0.462 e. The van der Waals surface area contributed by atoms with Crippen molar-refractivity contribution in [1.82, 2.24) is 0 Å². The summed E-state index contributed by atoms with van der Waals surface area (Å²) in [4.78, 5) is 35.6. The van der Waals surface area contributed by atoms with Crippen molar-refractivity contribution in [2.75, 3.05) is 13.2 Å². The highest BCUT2D eigenvalue weighted by molar-refractivity contribution is 5.91. The number of esters is 3. The van der Waals surface area contributed by atoms with Crippen LogP contribution in [-0.4, -0.2) is 31.1 Å². The maximum atomic E-state index is 12.7. The maximum Gasteiger partial charge on any atom is 0.343 e. The largest absolute Gasteiger partial charge is 0.462 e. The van der Waals surface area contributed by atoms with E-state index >= 15 is 0 Å². The van der Waals surface area contributed by atoms with E-state index in [2.05, 4.69) is 13.2 Å². The molecular weight excluding hydrogens is 480 g/mol. The molecule has 0 unspecified atom stereocenters.